The van der Waals surface area contributed by atoms with Gasteiger partial charge in [0.05, 0.1) is 24.3 Å². The van der Waals surface area contributed by atoms with Crippen LogP contribution in [0.25, 0.3) is 0 Å². The van der Waals surface area contributed by atoms with Crippen LogP contribution in [0.1, 0.15) is 137 Å². The van der Waals surface area contributed by atoms with E-state index in [0.717, 1.165) is 31.7 Å². The largest absolute Gasteiger partial charge is 0.462 e. The Morgan fingerprint density at radius 3 is 1.60 bits per heavy atom. The Hall–Kier alpha value is -2.45. The molecule has 0 aliphatic carbocycles. The highest BCUT2D eigenvalue weighted by molar-refractivity contribution is 7.86. The third-order valence-electron chi connectivity index (χ3n) is 6.51. The third-order valence-corrected chi connectivity index (χ3v) is 7.40. The third kappa shape index (κ3) is 16.0. The standard InChI is InChI=1S/C32H50O7S/c1-3-5-7-9-11-13-15-17-19-21-26-38-31(33)28-24-23-25-29(40(35,36)37)30(28)32(34)39-27-22-20-18-16-14-12-10-8-6-4-2/h15-18,23-25H,3-14,19-22,26-27H2,1-2H3,(H,35,36,37)/b17-15+,18-16+. The van der Waals surface area contributed by atoms with E-state index in [-0.39, 0.29) is 18.8 Å². The van der Waals surface area contributed by atoms with Gasteiger partial charge in [-0.2, -0.15) is 8.42 Å². The summed E-state index contributed by atoms with van der Waals surface area (Å²) in [4.78, 5) is 24.9. The quantitative estimate of drug-likeness (QED) is 0.0599. The van der Waals surface area contributed by atoms with Crippen molar-refractivity contribution in [3.8, 4) is 0 Å². The fourth-order valence-corrected chi connectivity index (χ4v) is 4.91. The Balaban J connectivity index is 2.57. The van der Waals surface area contributed by atoms with Crippen molar-refractivity contribution in [3.05, 3.63) is 53.6 Å². The Labute approximate surface area is 242 Å². The molecule has 1 rings (SSSR count). The van der Waals surface area contributed by atoms with Crippen LogP contribution < -0.4 is 0 Å². The number of benzene rings is 1. The summed E-state index contributed by atoms with van der Waals surface area (Å²) >= 11 is 0. The van der Waals surface area contributed by atoms with Crippen molar-refractivity contribution in [2.75, 3.05) is 13.2 Å². The lowest BCUT2D eigenvalue weighted by molar-refractivity contribution is 0.0450. The van der Waals surface area contributed by atoms with Crippen molar-refractivity contribution < 1.29 is 32.0 Å². The summed E-state index contributed by atoms with van der Waals surface area (Å²) in [6, 6.07) is 3.65. The van der Waals surface area contributed by atoms with Gasteiger partial charge in [-0.25, -0.2) is 9.59 Å². The maximum atomic E-state index is 12.8. The van der Waals surface area contributed by atoms with E-state index in [0.29, 0.717) is 19.3 Å². The predicted molar refractivity (Wildman–Crippen MR) is 160 cm³/mol. The molecule has 0 amide bonds. The van der Waals surface area contributed by atoms with Crippen LogP contribution in [0.3, 0.4) is 0 Å². The lowest BCUT2D eigenvalue weighted by Gasteiger charge is -2.12. The van der Waals surface area contributed by atoms with Crippen molar-refractivity contribution in [2.24, 2.45) is 0 Å². The van der Waals surface area contributed by atoms with Crippen LogP contribution in [0.5, 0.6) is 0 Å². The molecule has 7 nitrogen and oxygen atoms in total. The summed E-state index contributed by atoms with van der Waals surface area (Å²) in [5.41, 5.74) is -0.744. The molecule has 0 aromatic heterocycles. The summed E-state index contributed by atoms with van der Waals surface area (Å²) in [7, 11) is -4.76. The summed E-state index contributed by atoms with van der Waals surface area (Å²) < 4.78 is 44.1. The van der Waals surface area contributed by atoms with Gasteiger partial charge in [-0.1, -0.05) is 95.6 Å². The number of allylic oxidation sites excluding steroid dienone is 4. The summed E-state index contributed by atoms with van der Waals surface area (Å²) in [5.74, 6) is -1.82. The molecule has 0 aliphatic heterocycles. The summed E-state index contributed by atoms with van der Waals surface area (Å²) in [6.45, 7) is 4.56. The minimum absolute atomic E-state index is 0.0545. The van der Waals surface area contributed by atoms with Crippen LogP contribution in [-0.4, -0.2) is 38.1 Å². The van der Waals surface area contributed by atoms with Gasteiger partial charge in [-0.15, -0.1) is 0 Å². The number of esters is 2. The van der Waals surface area contributed by atoms with E-state index in [1.165, 1.54) is 69.9 Å². The molecule has 0 bridgehead atoms. The molecule has 0 radical (unpaired) electrons. The lowest BCUT2D eigenvalue weighted by atomic mass is 10.1. The van der Waals surface area contributed by atoms with E-state index in [9.17, 15) is 22.6 Å². The van der Waals surface area contributed by atoms with Crippen molar-refractivity contribution in [2.45, 2.75) is 121 Å². The molecule has 226 valence electrons. The van der Waals surface area contributed by atoms with Crippen LogP contribution in [0.15, 0.2) is 47.4 Å². The van der Waals surface area contributed by atoms with E-state index < -0.39 is 32.5 Å². The minimum atomic E-state index is -4.76. The van der Waals surface area contributed by atoms with Gasteiger partial charge in [-0.3, -0.25) is 4.55 Å². The average molecular weight is 579 g/mol. The van der Waals surface area contributed by atoms with Gasteiger partial charge in [0.15, 0.2) is 0 Å². The topological polar surface area (TPSA) is 107 Å². The second kappa shape index (κ2) is 22.3. The molecule has 40 heavy (non-hydrogen) atoms. The van der Waals surface area contributed by atoms with Crippen LogP contribution in [0.2, 0.25) is 0 Å². The second-order valence-electron chi connectivity index (χ2n) is 10.1. The Kier molecular flexibility index (Phi) is 19.8. The first-order valence-electron chi connectivity index (χ1n) is 15.1. The number of ether oxygens (including phenoxy) is 2. The maximum absolute atomic E-state index is 12.8. The van der Waals surface area contributed by atoms with Crippen molar-refractivity contribution in [3.63, 3.8) is 0 Å². The minimum Gasteiger partial charge on any atom is -0.462 e. The van der Waals surface area contributed by atoms with Crippen LogP contribution in [0.4, 0.5) is 0 Å². The zero-order valence-electron chi connectivity index (χ0n) is 24.6. The molecule has 0 fully saturated rings. The molecule has 0 saturated heterocycles. The normalized spacial score (nSPS) is 11.9. The molecule has 8 heteroatoms. The molecule has 0 spiro atoms. The Bertz CT molecular complexity index is 1010. The van der Waals surface area contributed by atoms with Gasteiger partial charge < -0.3 is 9.47 Å². The number of carbonyl (C=O) groups is 2. The second-order valence-corrected chi connectivity index (χ2v) is 11.4. The smallest absolute Gasteiger partial charge is 0.340 e. The van der Waals surface area contributed by atoms with Crippen molar-refractivity contribution in [1.82, 2.24) is 0 Å². The van der Waals surface area contributed by atoms with Crippen molar-refractivity contribution >= 4 is 22.1 Å². The van der Waals surface area contributed by atoms with Crippen LogP contribution >= 0.6 is 0 Å². The van der Waals surface area contributed by atoms with Gasteiger partial charge >= 0.3 is 11.9 Å². The van der Waals surface area contributed by atoms with E-state index in [1.54, 1.807) is 0 Å². The van der Waals surface area contributed by atoms with E-state index >= 15 is 0 Å². The molecule has 0 saturated carbocycles. The fourth-order valence-electron chi connectivity index (χ4n) is 4.21. The first-order valence-corrected chi connectivity index (χ1v) is 16.5. The van der Waals surface area contributed by atoms with Crippen LogP contribution in [0, 0.1) is 0 Å². The van der Waals surface area contributed by atoms with Crippen LogP contribution in [-0.2, 0) is 19.6 Å². The first kappa shape index (κ1) is 35.6. The molecule has 0 unspecified atom stereocenters. The Morgan fingerprint density at radius 2 is 1.12 bits per heavy atom. The first-order chi connectivity index (χ1) is 19.3. The highest BCUT2D eigenvalue weighted by Crippen LogP contribution is 2.22. The molecule has 1 aromatic carbocycles. The van der Waals surface area contributed by atoms with Gasteiger partial charge in [0.1, 0.15) is 4.90 Å². The number of hydrogen-bond acceptors (Lipinski definition) is 6. The molecule has 0 aliphatic rings. The molecule has 0 heterocycles. The van der Waals surface area contributed by atoms with Crippen molar-refractivity contribution in [1.29, 1.82) is 0 Å². The average Bonchev–Trinajstić information content (AvgIpc) is 2.93. The zero-order chi connectivity index (χ0) is 29.5. The van der Waals surface area contributed by atoms with Gasteiger partial charge in [0.2, 0.25) is 0 Å². The number of hydrogen-bond donors (Lipinski definition) is 1. The van der Waals surface area contributed by atoms with Gasteiger partial charge in [-0.05, 0) is 63.5 Å². The SMILES string of the molecule is CCCCCCC/C=C/CCCOC(=O)c1cccc(S(=O)(=O)O)c1C(=O)OCCC/C=C/CCCCCCC. The lowest BCUT2D eigenvalue weighted by Crippen LogP contribution is -2.19. The molecule has 1 N–H and O–H groups in total. The summed E-state index contributed by atoms with van der Waals surface area (Å²) in [5, 5.41) is 0. The van der Waals surface area contributed by atoms with E-state index in [2.05, 4.69) is 32.1 Å². The summed E-state index contributed by atoms with van der Waals surface area (Å²) in [6.07, 6.45) is 25.4. The Morgan fingerprint density at radius 1 is 0.675 bits per heavy atom. The number of unbranched alkanes of at least 4 members (excludes halogenated alkanes) is 12. The predicted octanol–water partition coefficient (Wildman–Crippen LogP) is 8.64. The fraction of sp³-hybridized carbons (Fsp3) is 0.625. The highest BCUT2D eigenvalue weighted by Gasteiger charge is 2.28. The highest BCUT2D eigenvalue weighted by atomic mass is 32.2. The molecular formula is C32H50O7S. The monoisotopic (exact) mass is 578 g/mol. The van der Waals surface area contributed by atoms with E-state index in [4.69, 9.17) is 9.47 Å². The molecular weight excluding hydrogens is 528 g/mol. The molecule has 0 atom stereocenters. The van der Waals surface area contributed by atoms with Gasteiger partial charge in [0.25, 0.3) is 10.1 Å². The zero-order valence-corrected chi connectivity index (χ0v) is 25.4. The molecule has 1 aromatic rings. The number of carbonyl (C=O) groups excluding carboxylic acids is 2. The number of rotatable bonds is 23. The van der Waals surface area contributed by atoms with Gasteiger partial charge in [0, 0.05) is 0 Å². The van der Waals surface area contributed by atoms with E-state index in [1.807, 2.05) is 6.08 Å². The maximum Gasteiger partial charge on any atom is 0.340 e.